The molecule has 3 aromatic rings. The predicted molar refractivity (Wildman–Crippen MR) is 90.8 cm³/mol. The molecule has 0 aliphatic heterocycles. The van der Waals surface area contributed by atoms with Crippen LogP contribution in [0.4, 0.5) is 4.39 Å². The first-order chi connectivity index (χ1) is 11.5. The van der Waals surface area contributed by atoms with Gasteiger partial charge in [-0.1, -0.05) is 13.0 Å². The van der Waals surface area contributed by atoms with E-state index in [2.05, 4.69) is 4.98 Å². The molecular weight excluding hydrogens is 307 g/mol. The zero-order chi connectivity index (χ0) is 17.3. The van der Waals surface area contributed by atoms with Gasteiger partial charge < -0.3 is 10.5 Å². The molecule has 0 bridgehead atoms. The lowest BCUT2D eigenvalue weighted by molar-refractivity contribution is 0.100. The Hall–Kier alpha value is -2.95. The first kappa shape index (κ1) is 15.9. The second kappa shape index (κ2) is 6.28. The third kappa shape index (κ3) is 2.80. The van der Waals surface area contributed by atoms with Crippen LogP contribution in [0, 0.1) is 12.7 Å². The minimum absolute atomic E-state index is 0.258. The van der Waals surface area contributed by atoms with Gasteiger partial charge in [0.1, 0.15) is 17.3 Å². The summed E-state index contributed by atoms with van der Waals surface area (Å²) in [4.78, 5) is 15.6. The molecule has 1 amide bonds. The van der Waals surface area contributed by atoms with Crippen molar-refractivity contribution < 1.29 is 13.9 Å². The number of rotatable bonds is 4. The third-order valence-electron chi connectivity index (χ3n) is 4.00. The number of fused-ring (bicyclic) bond motifs is 1. The molecule has 0 aliphatic rings. The number of hydrogen-bond donors (Lipinski definition) is 1. The number of pyridine rings is 1. The highest BCUT2D eigenvalue weighted by Crippen LogP contribution is 2.32. The van der Waals surface area contributed by atoms with Gasteiger partial charge in [-0.05, 0) is 49.2 Å². The van der Waals surface area contributed by atoms with E-state index in [-0.39, 0.29) is 5.82 Å². The topological polar surface area (TPSA) is 65.2 Å². The van der Waals surface area contributed by atoms with Gasteiger partial charge in [0.25, 0.3) is 0 Å². The van der Waals surface area contributed by atoms with E-state index in [0.29, 0.717) is 45.5 Å². The molecule has 4 nitrogen and oxygen atoms in total. The highest BCUT2D eigenvalue weighted by molar-refractivity contribution is 5.98. The van der Waals surface area contributed by atoms with Crippen molar-refractivity contribution in [2.75, 3.05) is 0 Å². The van der Waals surface area contributed by atoms with Gasteiger partial charge in [0.2, 0.25) is 5.91 Å². The Bertz CT molecular complexity index is 938. The lowest BCUT2D eigenvalue weighted by atomic mass is 10.1. The summed E-state index contributed by atoms with van der Waals surface area (Å²) >= 11 is 0. The number of amides is 1. The standard InChI is InChI=1S/C19H17FN2O2/c1-3-12-5-7-16(11(2)18(12)20)24-17-8-9-22-15-6-4-13(19(21)23)10-14(15)17/h4-10H,3H2,1-2H3,(H2,21,23). The van der Waals surface area contributed by atoms with Crippen molar-refractivity contribution in [2.45, 2.75) is 20.3 Å². The molecule has 0 saturated carbocycles. The SMILES string of the molecule is CCc1ccc(Oc2ccnc3ccc(C(N)=O)cc23)c(C)c1F. The Labute approximate surface area is 139 Å². The van der Waals surface area contributed by atoms with Crippen LogP contribution >= 0.6 is 0 Å². The number of primary amides is 1. The fraction of sp³-hybridized carbons (Fsp3) is 0.158. The number of aromatic nitrogens is 1. The summed E-state index contributed by atoms with van der Waals surface area (Å²) in [5.41, 5.74) is 7.46. The minimum atomic E-state index is -0.527. The molecule has 0 unspecified atom stereocenters. The summed E-state index contributed by atoms with van der Waals surface area (Å²) in [5, 5.41) is 0.646. The van der Waals surface area contributed by atoms with Crippen LogP contribution in [0.25, 0.3) is 10.9 Å². The van der Waals surface area contributed by atoms with Crippen LogP contribution in [0.3, 0.4) is 0 Å². The lowest BCUT2D eigenvalue weighted by Crippen LogP contribution is -2.10. The Morgan fingerprint density at radius 3 is 2.71 bits per heavy atom. The first-order valence-corrected chi connectivity index (χ1v) is 7.65. The van der Waals surface area contributed by atoms with Gasteiger partial charge >= 0.3 is 0 Å². The van der Waals surface area contributed by atoms with E-state index < -0.39 is 5.91 Å². The lowest BCUT2D eigenvalue weighted by Gasteiger charge is -2.13. The molecule has 2 aromatic carbocycles. The van der Waals surface area contributed by atoms with Crippen LogP contribution in [0.2, 0.25) is 0 Å². The molecule has 5 heteroatoms. The maximum absolute atomic E-state index is 14.3. The number of carbonyl (C=O) groups excluding carboxylic acids is 1. The van der Waals surface area contributed by atoms with Crippen molar-refractivity contribution in [1.29, 1.82) is 0 Å². The van der Waals surface area contributed by atoms with Crippen molar-refractivity contribution in [3.63, 3.8) is 0 Å². The Morgan fingerprint density at radius 2 is 2.00 bits per heavy atom. The number of benzene rings is 2. The smallest absolute Gasteiger partial charge is 0.248 e. The van der Waals surface area contributed by atoms with Gasteiger partial charge in [-0.2, -0.15) is 0 Å². The molecule has 24 heavy (non-hydrogen) atoms. The zero-order valence-corrected chi connectivity index (χ0v) is 13.5. The predicted octanol–water partition coefficient (Wildman–Crippen LogP) is 4.14. The van der Waals surface area contributed by atoms with E-state index >= 15 is 0 Å². The molecule has 1 aromatic heterocycles. The van der Waals surface area contributed by atoms with E-state index in [0.717, 1.165) is 0 Å². The average Bonchev–Trinajstić information content (AvgIpc) is 2.59. The Morgan fingerprint density at radius 1 is 1.21 bits per heavy atom. The minimum Gasteiger partial charge on any atom is -0.456 e. The second-order valence-electron chi connectivity index (χ2n) is 5.52. The van der Waals surface area contributed by atoms with Crippen LogP contribution in [0.1, 0.15) is 28.4 Å². The van der Waals surface area contributed by atoms with Crippen LogP contribution < -0.4 is 10.5 Å². The summed E-state index contributed by atoms with van der Waals surface area (Å²) in [6.45, 7) is 3.59. The van der Waals surface area contributed by atoms with Crippen molar-refractivity contribution in [1.82, 2.24) is 4.98 Å². The van der Waals surface area contributed by atoms with Crippen LogP contribution in [0.5, 0.6) is 11.5 Å². The first-order valence-electron chi connectivity index (χ1n) is 7.65. The number of carbonyl (C=O) groups is 1. The molecular formula is C19H17FN2O2. The van der Waals surface area contributed by atoms with Gasteiger partial charge in [0.15, 0.2) is 0 Å². The van der Waals surface area contributed by atoms with Crippen LogP contribution in [-0.2, 0) is 6.42 Å². The maximum atomic E-state index is 14.3. The fourth-order valence-corrected chi connectivity index (χ4v) is 2.59. The highest BCUT2D eigenvalue weighted by atomic mass is 19.1. The maximum Gasteiger partial charge on any atom is 0.248 e. The number of hydrogen-bond acceptors (Lipinski definition) is 3. The van der Waals surface area contributed by atoms with Gasteiger partial charge in [-0.3, -0.25) is 9.78 Å². The highest BCUT2D eigenvalue weighted by Gasteiger charge is 2.13. The number of nitrogens with zero attached hydrogens (tertiary/aromatic N) is 1. The van der Waals surface area contributed by atoms with Crippen molar-refractivity contribution in [3.05, 3.63) is 65.1 Å². The molecule has 0 atom stereocenters. The second-order valence-corrected chi connectivity index (χ2v) is 5.52. The van der Waals surface area contributed by atoms with Crippen molar-refractivity contribution in [2.24, 2.45) is 5.73 Å². The van der Waals surface area contributed by atoms with Crippen LogP contribution in [0.15, 0.2) is 42.6 Å². The number of aryl methyl sites for hydroxylation is 1. The average molecular weight is 324 g/mol. The van der Waals surface area contributed by atoms with Gasteiger partial charge in [0, 0.05) is 22.7 Å². The molecule has 0 spiro atoms. The van der Waals surface area contributed by atoms with Crippen molar-refractivity contribution >= 4 is 16.8 Å². The number of ether oxygens (including phenoxy) is 1. The quantitative estimate of drug-likeness (QED) is 0.784. The molecule has 122 valence electrons. The summed E-state index contributed by atoms with van der Waals surface area (Å²) in [5.74, 6) is 0.143. The van der Waals surface area contributed by atoms with E-state index in [1.54, 1.807) is 49.5 Å². The molecule has 0 aliphatic carbocycles. The Kier molecular flexibility index (Phi) is 4.16. The van der Waals surface area contributed by atoms with E-state index in [1.165, 1.54) is 0 Å². The Balaban J connectivity index is 2.09. The monoisotopic (exact) mass is 324 g/mol. The third-order valence-corrected chi connectivity index (χ3v) is 4.00. The fourth-order valence-electron chi connectivity index (χ4n) is 2.59. The molecule has 3 rings (SSSR count). The number of nitrogens with two attached hydrogens (primary N) is 1. The summed E-state index contributed by atoms with van der Waals surface area (Å²) in [6, 6.07) is 10.1. The number of halogens is 1. The van der Waals surface area contributed by atoms with E-state index in [1.807, 2.05) is 6.92 Å². The summed E-state index contributed by atoms with van der Waals surface area (Å²) < 4.78 is 20.2. The van der Waals surface area contributed by atoms with Crippen molar-refractivity contribution in [3.8, 4) is 11.5 Å². The molecule has 0 saturated heterocycles. The van der Waals surface area contributed by atoms with E-state index in [4.69, 9.17) is 10.5 Å². The molecule has 0 radical (unpaired) electrons. The van der Waals surface area contributed by atoms with Gasteiger partial charge in [0.05, 0.1) is 5.52 Å². The van der Waals surface area contributed by atoms with E-state index in [9.17, 15) is 9.18 Å². The van der Waals surface area contributed by atoms with Gasteiger partial charge in [-0.25, -0.2) is 4.39 Å². The molecule has 0 fully saturated rings. The summed E-state index contributed by atoms with van der Waals surface area (Å²) in [6.07, 6.45) is 2.22. The van der Waals surface area contributed by atoms with Gasteiger partial charge in [-0.15, -0.1) is 0 Å². The van der Waals surface area contributed by atoms with Crippen LogP contribution in [-0.4, -0.2) is 10.9 Å². The normalized spacial score (nSPS) is 10.8. The largest absolute Gasteiger partial charge is 0.456 e. The zero-order valence-electron chi connectivity index (χ0n) is 13.5. The molecule has 2 N–H and O–H groups in total. The summed E-state index contributed by atoms with van der Waals surface area (Å²) in [7, 11) is 0. The molecule has 1 heterocycles.